The highest BCUT2D eigenvalue weighted by Crippen LogP contribution is 2.28. The highest BCUT2D eigenvalue weighted by Gasteiger charge is 2.34. The third-order valence-electron chi connectivity index (χ3n) is 3.63. The van der Waals surface area contributed by atoms with E-state index >= 15 is 0 Å². The smallest absolute Gasteiger partial charge is 0.356 e. The maximum atomic E-state index is 12.7. The van der Waals surface area contributed by atoms with E-state index in [0.29, 0.717) is 30.2 Å². The van der Waals surface area contributed by atoms with Crippen LogP contribution in [0.5, 0.6) is 0 Å². The Kier molecular flexibility index (Phi) is 6.10. The van der Waals surface area contributed by atoms with Gasteiger partial charge >= 0.3 is 6.18 Å². The number of rotatable bonds is 7. The molecule has 2 aromatic heterocycles. The van der Waals surface area contributed by atoms with Crippen LogP contribution in [0.3, 0.4) is 0 Å². The average molecular weight is 378 g/mol. The van der Waals surface area contributed by atoms with Gasteiger partial charge in [-0.3, -0.25) is 14.2 Å². The SMILES string of the molecule is Cc1cc(C(F)(F)F)nn1CC(C)C(=O)NCCCn1cc(Cl)cn1. The van der Waals surface area contributed by atoms with E-state index in [2.05, 4.69) is 15.5 Å². The third kappa shape index (κ3) is 5.48. The molecule has 0 fully saturated rings. The summed E-state index contributed by atoms with van der Waals surface area (Å²) in [6.07, 6.45) is -0.610. The fourth-order valence-corrected chi connectivity index (χ4v) is 2.42. The summed E-state index contributed by atoms with van der Waals surface area (Å²) in [5.41, 5.74) is -0.585. The van der Waals surface area contributed by atoms with Crippen molar-refractivity contribution in [2.24, 2.45) is 5.92 Å². The predicted octanol–water partition coefficient (Wildman–Crippen LogP) is 2.90. The van der Waals surface area contributed by atoms with Crippen molar-refractivity contribution < 1.29 is 18.0 Å². The zero-order valence-corrected chi connectivity index (χ0v) is 14.6. The summed E-state index contributed by atoms with van der Waals surface area (Å²) in [4.78, 5) is 12.1. The molecule has 0 spiro atoms. The van der Waals surface area contributed by atoms with Gasteiger partial charge in [0, 0.05) is 25.0 Å². The Balaban J connectivity index is 1.79. The number of hydrogen-bond acceptors (Lipinski definition) is 3. The Morgan fingerprint density at radius 3 is 2.72 bits per heavy atom. The number of nitrogens with one attached hydrogen (secondary N) is 1. The van der Waals surface area contributed by atoms with E-state index in [4.69, 9.17) is 11.6 Å². The molecule has 0 bridgehead atoms. The summed E-state index contributed by atoms with van der Waals surface area (Å²) in [6.45, 7) is 4.31. The number of hydrogen-bond donors (Lipinski definition) is 1. The largest absolute Gasteiger partial charge is 0.435 e. The van der Waals surface area contributed by atoms with Crippen molar-refractivity contribution in [3.8, 4) is 0 Å². The molecule has 10 heteroatoms. The highest BCUT2D eigenvalue weighted by molar-refractivity contribution is 6.30. The van der Waals surface area contributed by atoms with Gasteiger partial charge in [0.05, 0.1) is 23.7 Å². The zero-order chi connectivity index (χ0) is 18.6. The minimum atomic E-state index is -4.49. The van der Waals surface area contributed by atoms with Gasteiger partial charge in [0.25, 0.3) is 0 Å². The van der Waals surface area contributed by atoms with Crippen molar-refractivity contribution in [1.82, 2.24) is 24.9 Å². The molecule has 1 unspecified atom stereocenters. The van der Waals surface area contributed by atoms with Gasteiger partial charge in [0.2, 0.25) is 5.91 Å². The Labute approximate surface area is 147 Å². The van der Waals surface area contributed by atoms with E-state index in [9.17, 15) is 18.0 Å². The van der Waals surface area contributed by atoms with Crippen LogP contribution >= 0.6 is 11.6 Å². The molecule has 1 amide bonds. The number of alkyl halides is 3. The monoisotopic (exact) mass is 377 g/mol. The molecule has 0 aliphatic rings. The lowest BCUT2D eigenvalue weighted by atomic mass is 10.1. The summed E-state index contributed by atoms with van der Waals surface area (Å²) in [6, 6.07) is 0.972. The molecule has 0 saturated carbocycles. The lowest BCUT2D eigenvalue weighted by molar-refractivity contribution is -0.141. The lowest BCUT2D eigenvalue weighted by Gasteiger charge is -2.13. The van der Waals surface area contributed by atoms with Gasteiger partial charge in [-0.2, -0.15) is 23.4 Å². The van der Waals surface area contributed by atoms with E-state index in [1.54, 1.807) is 17.8 Å². The minimum Gasteiger partial charge on any atom is -0.356 e. The summed E-state index contributed by atoms with van der Waals surface area (Å²) in [7, 11) is 0. The first-order valence-corrected chi connectivity index (χ1v) is 8.12. The molecule has 0 aliphatic carbocycles. The van der Waals surface area contributed by atoms with Gasteiger partial charge in [0.15, 0.2) is 5.69 Å². The van der Waals surface area contributed by atoms with Crippen molar-refractivity contribution in [2.75, 3.05) is 6.54 Å². The second-order valence-corrected chi connectivity index (χ2v) is 6.25. The van der Waals surface area contributed by atoms with Crippen LogP contribution in [0.2, 0.25) is 5.02 Å². The van der Waals surface area contributed by atoms with Gasteiger partial charge in [-0.15, -0.1) is 0 Å². The summed E-state index contributed by atoms with van der Waals surface area (Å²) >= 11 is 5.75. The van der Waals surface area contributed by atoms with Crippen molar-refractivity contribution >= 4 is 17.5 Å². The molecule has 1 atom stereocenters. The van der Waals surface area contributed by atoms with E-state index in [1.807, 2.05) is 0 Å². The van der Waals surface area contributed by atoms with Crippen molar-refractivity contribution in [2.45, 2.75) is 39.5 Å². The number of amides is 1. The van der Waals surface area contributed by atoms with Crippen molar-refractivity contribution in [3.63, 3.8) is 0 Å². The molecule has 2 aromatic rings. The second-order valence-electron chi connectivity index (χ2n) is 5.82. The molecule has 0 radical (unpaired) electrons. The fourth-order valence-electron chi connectivity index (χ4n) is 2.26. The summed E-state index contributed by atoms with van der Waals surface area (Å²) < 4.78 is 40.8. The van der Waals surface area contributed by atoms with Gasteiger partial charge in [-0.25, -0.2) is 0 Å². The number of carbonyl (C=O) groups is 1. The first kappa shape index (κ1) is 19.3. The maximum Gasteiger partial charge on any atom is 0.435 e. The quantitative estimate of drug-likeness (QED) is 0.754. The van der Waals surface area contributed by atoms with Crippen LogP contribution in [0.25, 0.3) is 0 Å². The Morgan fingerprint density at radius 1 is 1.44 bits per heavy atom. The van der Waals surface area contributed by atoms with Crippen LogP contribution in [-0.2, 0) is 24.1 Å². The number of halogens is 4. The predicted molar refractivity (Wildman–Crippen MR) is 86.0 cm³/mol. The summed E-state index contributed by atoms with van der Waals surface area (Å²) in [5, 5.41) is 10.9. The van der Waals surface area contributed by atoms with E-state index in [-0.39, 0.29) is 12.5 Å². The highest BCUT2D eigenvalue weighted by atomic mass is 35.5. The van der Waals surface area contributed by atoms with Crippen LogP contribution in [0.15, 0.2) is 18.5 Å². The minimum absolute atomic E-state index is 0.0858. The van der Waals surface area contributed by atoms with Crippen LogP contribution < -0.4 is 5.32 Å². The normalized spacial score (nSPS) is 13.0. The standard InChI is InChI=1S/C15H19ClF3N5O/c1-10(8-24-11(2)6-13(22-24)15(17,18)19)14(25)20-4-3-5-23-9-12(16)7-21-23/h6-7,9-10H,3-5,8H2,1-2H3,(H,20,25). The van der Waals surface area contributed by atoms with Crippen LogP contribution in [0.1, 0.15) is 24.7 Å². The van der Waals surface area contributed by atoms with Gasteiger partial charge in [-0.05, 0) is 19.4 Å². The van der Waals surface area contributed by atoms with Crippen LogP contribution in [0.4, 0.5) is 13.2 Å². The Morgan fingerprint density at radius 2 is 2.16 bits per heavy atom. The Hall–Kier alpha value is -2.03. The average Bonchev–Trinajstić information content (AvgIpc) is 3.09. The van der Waals surface area contributed by atoms with Crippen LogP contribution in [-0.4, -0.2) is 32.0 Å². The topological polar surface area (TPSA) is 64.7 Å². The van der Waals surface area contributed by atoms with Gasteiger partial charge in [-0.1, -0.05) is 18.5 Å². The molecule has 138 valence electrons. The molecule has 2 heterocycles. The number of aromatic nitrogens is 4. The number of nitrogens with zero attached hydrogens (tertiary/aromatic N) is 4. The van der Waals surface area contributed by atoms with E-state index in [1.165, 1.54) is 17.8 Å². The molecule has 0 aliphatic heterocycles. The van der Waals surface area contributed by atoms with E-state index < -0.39 is 17.8 Å². The first-order valence-electron chi connectivity index (χ1n) is 7.74. The number of carbonyl (C=O) groups excluding carboxylic acids is 1. The fraction of sp³-hybridized carbons (Fsp3) is 0.533. The molecule has 25 heavy (non-hydrogen) atoms. The number of aryl methyl sites for hydroxylation is 2. The van der Waals surface area contributed by atoms with Gasteiger partial charge < -0.3 is 5.32 Å². The molecule has 2 rings (SSSR count). The third-order valence-corrected chi connectivity index (χ3v) is 3.83. The summed E-state index contributed by atoms with van der Waals surface area (Å²) in [5.74, 6) is -0.735. The maximum absolute atomic E-state index is 12.7. The molecular formula is C15H19ClF3N5O. The lowest BCUT2D eigenvalue weighted by Crippen LogP contribution is -2.33. The first-order chi connectivity index (χ1) is 11.7. The molecule has 0 aromatic carbocycles. The van der Waals surface area contributed by atoms with Crippen molar-refractivity contribution in [3.05, 3.63) is 34.9 Å². The second kappa shape index (κ2) is 7.90. The zero-order valence-electron chi connectivity index (χ0n) is 13.8. The Bertz CT molecular complexity index is 725. The molecule has 1 N–H and O–H groups in total. The van der Waals surface area contributed by atoms with Gasteiger partial charge in [0.1, 0.15) is 0 Å². The van der Waals surface area contributed by atoms with Crippen LogP contribution in [0, 0.1) is 12.8 Å². The molecule has 6 nitrogen and oxygen atoms in total. The van der Waals surface area contributed by atoms with E-state index in [0.717, 1.165) is 6.07 Å². The molecule has 0 saturated heterocycles. The molecular weight excluding hydrogens is 359 g/mol. The van der Waals surface area contributed by atoms with Crippen molar-refractivity contribution in [1.29, 1.82) is 0 Å².